The third kappa shape index (κ3) is 2.11. The van der Waals surface area contributed by atoms with Crippen molar-refractivity contribution in [3.8, 4) is 0 Å². The molecule has 0 unspecified atom stereocenters. The summed E-state index contributed by atoms with van der Waals surface area (Å²) in [6.07, 6.45) is 0. The highest BCUT2D eigenvalue weighted by atomic mass is 16.2. The van der Waals surface area contributed by atoms with Crippen molar-refractivity contribution in [2.45, 2.75) is 19.9 Å². The number of nitrogen functional groups attached to an aromatic ring is 1. The van der Waals surface area contributed by atoms with Gasteiger partial charge in [0.1, 0.15) is 11.4 Å². The van der Waals surface area contributed by atoms with Gasteiger partial charge in [-0.05, 0) is 0 Å². The lowest BCUT2D eigenvalue weighted by Gasteiger charge is -2.11. The second kappa shape index (κ2) is 4.23. The zero-order valence-electron chi connectivity index (χ0n) is 8.39. The standard InChI is InChI=1S/C9H15N3O2/c1-5(2)11-3-4-12-7-6(10)8(13)9(7)14/h5,11-12H,3-4,10H2,1-2H3. The summed E-state index contributed by atoms with van der Waals surface area (Å²) in [7, 11) is 0. The van der Waals surface area contributed by atoms with E-state index in [-0.39, 0.29) is 11.4 Å². The predicted octanol–water partition coefficient (Wildman–Crippen LogP) is -0.725. The highest BCUT2D eigenvalue weighted by Crippen LogP contribution is 2.07. The summed E-state index contributed by atoms with van der Waals surface area (Å²) < 4.78 is 0. The molecule has 14 heavy (non-hydrogen) atoms. The Bertz CT molecular complexity index is 377. The summed E-state index contributed by atoms with van der Waals surface area (Å²) in [5.74, 6) is 0. The Labute approximate surface area is 82.0 Å². The van der Waals surface area contributed by atoms with Crippen molar-refractivity contribution < 1.29 is 0 Å². The summed E-state index contributed by atoms with van der Waals surface area (Å²) in [4.78, 5) is 21.7. The van der Waals surface area contributed by atoms with Crippen LogP contribution in [-0.2, 0) is 0 Å². The van der Waals surface area contributed by atoms with Crippen LogP contribution in [0.3, 0.4) is 0 Å². The van der Waals surface area contributed by atoms with Crippen LogP contribution in [0.4, 0.5) is 11.4 Å². The zero-order chi connectivity index (χ0) is 10.7. The molecule has 1 aromatic rings. The molecule has 5 nitrogen and oxygen atoms in total. The number of nitrogens with two attached hydrogens (primary N) is 1. The van der Waals surface area contributed by atoms with Gasteiger partial charge in [0.25, 0.3) is 10.9 Å². The lowest BCUT2D eigenvalue weighted by molar-refractivity contribution is 0.602. The van der Waals surface area contributed by atoms with E-state index in [2.05, 4.69) is 10.6 Å². The molecule has 0 heterocycles. The van der Waals surface area contributed by atoms with E-state index >= 15 is 0 Å². The molecule has 0 atom stereocenters. The van der Waals surface area contributed by atoms with E-state index in [1.54, 1.807) is 0 Å². The molecule has 0 saturated heterocycles. The molecule has 1 aromatic carbocycles. The van der Waals surface area contributed by atoms with E-state index in [4.69, 9.17) is 5.73 Å². The first kappa shape index (κ1) is 10.7. The zero-order valence-corrected chi connectivity index (χ0v) is 8.39. The maximum Gasteiger partial charge on any atom is 0.253 e. The molecule has 78 valence electrons. The maximum atomic E-state index is 10.9. The number of anilines is 2. The van der Waals surface area contributed by atoms with Crippen LogP contribution in [0.25, 0.3) is 0 Å². The highest BCUT2D eigenvalue weighted by molar-refractivity contribution is 5.71. The maximum absolute atomic E-state index is 10.9. The van der Waals surface area contributed by atoms with Crippen LogP contribution in [0.5, 0.6) is 0 Å². The van der Waals surface area contributed by atoms with E-state index in [1.165, 1.54) is 0 Å². The van der Waals surface area contributed by atoms with E-state index < -0.39 is 10.9 Å². The fourth-order valence-electron chi connectivity index (χ4n) is 1.13. The first-order valence-corrected chi connectivity index (χ1v) is 4.60. The van der Waals surface area contributed by atoms with Crippen molar-refractivity contribution in [1.82, 2.24) is 5.32 Å². The SMILES string of the molecule is CC(C)NCCNc1c(N)c(=O)c1=O. The van der Waals surface area contributed by atoms with Crippen LogP contribution in [0.1, 0.15) is 13.8 Å². The Morgan fingerprint density at radius 1 is 1.21 bits per heavy atom. The molecule has 0 bridgehead atoms. The fourth-order valence-corrected chi connectivity index (χ4v) is 1.13. The minimum atomic E-state index is -0.579. The largest absolute Gasteiger partial charge is 0.394 e. The minimum Gasteiger partial charge on any atom is -0.394 e. The Morgan fingerprint density at radius 2 is 1.86 bits per heavy atom. The van der Waals surface area contributed by atoms with Crippen molar-refractivity contribution >= 4 is 11.4 Å². The van der Waals surface area contributed by atoms with Crippen molar-refractivity contribution in [2.24, 2.45) is 0 Å². The Balaban J connectivity index is 2.34. The van der Waals surface area contributed by atoms with Crippen LogP contribution in [0.15, 0.2) is 9.59 Å². The molecular weight excluding hydrogens is 182 g/mol. The fraction of sp³-hybridized carbons (Fsp3) is 0.556. The van der Waals surface area contributed by atoms with Crippen LogP contribution >= 0.6 is 0 Å². The smallest absolute Gasteiger partial charge is 0.253 e. The van der Waals surface area contributed by atoms with Crippen LogP contribution in [0.2, 0.25) is 0 Å². The molecule has 0 spiro atoms. The van der Waals surface area contributed by atoms with Crippen LogP contribution in [0, 0.1) is 0 Å². The molecule has 0 aliphatic heterocycles. The highest BCUT2D eigenvalue weighted by Gasteiger charge is 2.16. The molecule has 0 aliphatic rings. The number of rotatable bonds is 5. The molecule has 0 aliphatic carbocycles. The van der Waals surface area contributed by atoms with Crippen LogP contribution < -0.4 is 27.2 Å². The number of hydrogen-bond acceptors (Lipinski definition) is 5. The summed E-state index contributed by atoms with van der Waals surface area (Å²) in [5.41, 5.74) is 4.56. The first-order valence-electron chi connectivity index (χ1n) is 4.60. The minimum absolute atomic E-state index is 0.0551. The quantitative estimate of drug-likeness (QED) is 0.428. The Morgan fingerprint density at radius 3 is 2.36 bits per heavy atom. The van der Waals surface area contributed by atoms with Gasteiger partial charge in [-0.2, -0.15) is 0 Å². The summed E-state index contributed by atoms with van der Waals surface area (Å²) in [6.45, 7) is 5.39. The lowest BCUT2D eigenvalue weighted by atomic mass is 10.2. The van der Waals surface area contributed by atoms with Crippen molar-refractivity contribution in [3.63, 3.8) is 0 Å². The van der Waals surface area contributed by atoms with E-state index in [0.29, 0.717) is 12.6 Å². The molecule has 0 saturated carbocycles. The van der Waals surface area contributed by atoms with Gasteiger partial charge in [-0.1, -0.05) is 13.8 Å². The summed E-state index contributed by atoms with van der Waals surface area (Å²) in [5, 5.41) is 5.99. The topological polar surface area (TPSA) is 84.2 Å². The predicted molar refractivity (Wildman–Crippen MR) is 57.4 cm³/mol. The van der Waals surface area contributed by atoms with Gasteiger partial charge in [0.15, 0.2) is 0 Å². The summed E-state index contributed by atoms with van der Waals surface area (Å²) in [6, 6.07) is 0.404. The van der Waals surface area contributed by atoms with Gasteiger partial charge < -0.3 is 16.4 Å². The second-order valence-electron chi connectivity index (χ2n) is 3.48. The molecule has 0 fully saturated rings. The Kier molecular flexibility index (Phi) is 3.24. The molecule has 1 rings (SSSR count). The van der Waals surface area contributed by atoms with Gasteiger partial charge in [0.2, 0.25) is 0 Å². The normalized spacial score (nSPS) is 11.1. The van der Waals surface area contributed by atoms with E-state index in [1.807, 2.05) is 13.8 Å². The average molecular weight is 197 g/mol. The van der Waals surface area contributed by atoms with E-state index in [9.17, 15) is 9.59 Å². The first-order chi connectivity index (χ1) is 6.54. The van der Waals surface area contributed by atoms with Crippen molar-refractivity contribution in [3.05, 3.63) is 20.4 Å². The Hall–Kier alpha value is -1.36. The molecule has 0 amide bonds. The molecular formula is C9H15N3O2. The van der Waals surface area contributed by atoms with Crippen molar-refractivity contribution in [1.29, 1.82) is 0 Å². The second-order valence-corrected chi connectivity index (χ2v) is 3.48. The van der Waals surface area contributed by atoms with Gasteiger partial charge >= 0.3 is 0 Å². The van der Waals surface area contributed by atoms with Gasteiger partial charge in [0.05, 0.1) is 0 Å². The van der Waals surface area contributed by atoms with E-state index in [0.717, 1.165) is 6.54 Å². The number of nitrogens with one attached hydrogen (secondary N) is 2. The van der Waals surface area contributed by atoms with Gasteiger partial charge in [-0.3, -0.25) is 9.59 Å². The third-order valence-electron chi connectivity index (χ3n) is 1.93. The molecule has 4 N–H and O–H groups in total. The van der Waals surface area contributed by atoms with Crippen LogP contribution in [-0.4, -0.2) is 19.1 Å². The van der Waals surface area contributed by atoms with Gasteiger partial charge in [-0.25, -0.2) is 0 Å². The average Bonchev–Trinajstić information content (AvgIpc) is 2.15. The van der Waals surface area contributed by atoms with Gasteiger partial charge in [0, 0.05) is 19.1 Å². The molecule has 0 radical (unpaired) electrons. The molecule has 5 heteroatoms. The molecule has 0 aromatic heterocycles. The lowest BCUT2D eigenvalue weighted by Crippen LogP contribution is -2.38. The summed E-state index contributed by atoms with van der Waals surface area (Å²) >= 11 is 0. The van der Waals surface area contributed by atoms with Gasteiger partial charge in [-0.15, -0.1) is 0 Å². The van der Waals surface area contributed by atoms with Crippen molar-refractivity contribution in [2.75, 3.05) is 24.1 Å². The monoisotopic (exact) mass is 197 g/mol. The number of hydrogen-bond donors (Lipinski definition) is 3. The third-order valence-corrected chi connectivity index (χ3v) is 1.93.